The Morgan fingerprint density at radius 3 is 2.81 bits per heavy atom. The Kier molecular flexibility index (Phi) is 4.28. The molecule has 0 aliphatic heterocycles. The Bertz CT molecular complexity index is 377. The van der Waals surface area contributed by atoms with Crippen LogP contribution in [0.4, 0.5) is 4.39 Å². The zero-order valence-electron chi connectivity index (χ0n) is 9.62. The van der Waals surface area contributed by atoms with Crippen LogP contribution in [-0.4, -0.2) is 18.7 Å². The highest BCUT2D eigenvalue weighted by Crippen LogP contribution is 2.21. The van der Waals surface area contributed by atoms with Crippen LogP contribution in [0, 0.1) is 12.7 Å². The van der Waals surface area contributed by atoms with Gasteiger partial charge in [-0.2, -0.15) is 0 Å². The van der Waals surface area contributed by atoms with Gasteiger partial charge >= 0.3 is 5.97 Å². The summed E-state index contributed by atoms with van der Waals surface area (Å²) < 4.78 is 23.3. The Hall–Kier alpha value is -1.58. The number of rotatable bonds is 4. The van der Waals surface area contributed by atoms with Crippen LogP contribution in [0.15, 0.2) is 18.2 Å². The third-order valence-corrected chi connectivity index (χ3v) is 2.14. The van der Waals surface area contributed by atoms with E-state index in [1.54, 1.807) is 26.8 Å². The van der Waals surface area contributed by atoms with Crippen LogP contribution >= 0.6 is 0 Å². The first-order valence-corrected chi connectivity index (χ1v) is 5.14. The molecule has 0 fully saturated rings. The molecule has 4 heteroatoms. The van der Waals surface area contributed by atoms with Crippen molar-refractivity contribution < 1.29 is 18.7 Å². The lowest BCUT2D eigenvalue weighted by Crippen LogP contribution is -2.26. The fourth-order valence-corrected chi connectivity index (χ4v) is 1.21. The van der Waals surface area contributed by atoms with Gasteiger partial charge in [-0.3, -0.25) is 0 Å². The highest BCUT2D eigenvalue weighted by Gasteiger charge is 2.17. The van der Waals surface area contributed by atoms with Gasteiger partial charge in [-0.25, -0.2) is 9.18 Å². The van der Waals surface area contributed by atoms with Gasteiger partial charge in [-0.1, -0.05) is 6.07 Å². The maximum absolute atomic E-state index is 13.2. The molecule has 1 atom stereocenters. The second-order valence-corrected chi connectivity index (χ2v) is 3.38. The number of esters is 1. The first kappa shape index (κ1) is 12.5. The summed E-state index contributed by atoms with van der Waals surface area (Å²) in [5, 5.41) is 0. The third kappa shape index (κ3) is 2.95. The highest BCUT2D eigenvalue weighted by atomic mass is 19.1. The Labute approximate surface area is 94.2 Å². The zero-order valence-corrected chi connectivity index (χ0v) is 9.62. The molecule has 1 aromatic carbocycles. The fourth-order valence-electron chi connectivity index (χ4n) is 1.21. The summed E-state index contributed by atoms with van der Waals surface area (Å²) in [6.45, 7) is 5.19. The molecule has 3 nitrogen and oxygen atoms in total. The molecule has 0 aliphatic rings. The molecule has 1 rings (SSSR count). The van der Waals surface area contributed by atoms with Gasteiger partial charge in [0.1, 0.15) is 11.6 Å². The van der Waals surface area contributed by atoms with Gasteiger partial charge in [0.05, 0.1) is 6.61 Å². The molecule has 0 heterocycles. The van der Waals surface area contributed by atoms with Crippen molar-refractivity contribution in [1.29, 1.82) is 0 Å². The van der Waals surface area contributed by atoms with Gasteiger partial charge in [-0.05, 0) is 32.9 Å². The number of halogens is 1. The number of hydrogen-bond acceptors (Lipinski definition) is 3. The minimum atomic E-state index is -0.736. The van der Waals surface area contributed by atoms with Crippen LogP contribution in [0.25, 0.3) is 0 Å². The average molecular weight is 226 g/mol. The number of benzene rings is 1. The van der Waals surface area contributed by atoms with E-state index in [2.05, 4.69) is 0 Å². The van der Waals surface area contributed by atoms with E-state index in [1.807, 2.05) is 0 Å². The van der Waals surface area contributed by atoms with Crippen molar-refractivity contribution in [3.63, 3.8) is 0 Å². The molecular formula is C12H15FO3. The van der Waals surface area contributed by atoms with Crippen molar-refractivity contribution in [3.8, 4) is 5.75 Å². The second kappa shape index (κ2) is 5.49. The van der Waals surface area contributed by atoms with E-state index in [-0.39, 0.29) is 5.82 Å². The molecule has 16 heavy (non-hydrogen) atoms. The lowest BCUT2D eigenvalue weighted by molar-refractivity contribution is -0.150. The third-order valence-electron chi connectivity index (χ3n) is 2.14. The van der Waals surface area contributed by atoms with Crippen LogP contribution in [0.5, 0.6) is 5.75 Å². The predicted octanol–water partition coefficient (Wildman–Crippen LogP) is 2.46. The monoisotopic (exact) mass is 226 g/mol. The van der Waals surface area contributed by atoms with Crippen LogP contribution in [0.1, 0.15) is 19.4 Å². The normalized spacial score (nSPS) is 12.0. The van der Waals surface area contributed by atoms with Crippen molar-refractivity contribution in [2.75, 3.05) is 6.61 Å². The fraction of sp³-hybridized carbons (Fsp3) is 0.417. The molecule has 1 aromatic rings. The number of carbonyl (C=O) groups is 1. The highest BCUT2D eigenvalue weighted by molar-refractivity contribution is 5.74. The molecule has 0 N–H and O–H groups in total. The predicted molar refractivity (Wildman–Crippen MR) is 57.9 cm³/mol. The van der Waals surface area contributed by atoms with Crippen molar-refractivity contribution in [2.45, 2.75) is 26.9 Å². The van der Waals surface area contributed by atoms with Gasteiger partial charge < -0.3 is 9.47 Å². The molecule has 0 radical (unpaired) electrons. The summed E-state index contributed by atoms with van der Waals surface area (Å²) >= 11 is 0. The lowest BCUT2D eigenvalue weighted by Gasteiger charge is -2.15. The van der Waals surface area contributed by atoms with Crippen LogP contribution < -0.4 is 4.74 Å². The first-order chi connectivity index (χ1) is 7.56. The van der Waals surface area contributed by atoms with Gasteiger partial charge in [0.15, 0.2) is 6.10 Å². The summed E-state index contributed by atoms with van der Waals surface area (Å²) in [4.78, 5) is 11.3. The molecule has 0 aromatic heterocycles. The van der Waals surface area contributed by atoms with Crippen molar-refractivity contribution >= 4 is 5.97 Å². The summed E-state index contributed by atoms with van der Waals surface area (Å²) in [5.41, 5.74) is 0.388. The van der Waals surface area contributed by atoms with Crippen LogP contribution in [0.3, 0.4) is 0 Å². The molecular weight excluding hydrogens is 211 g/mol. The van der Waals surface area contributed by atoms with Crippen molar-refractivity contribution in [1.82, 2.24) is 0 Å². The molecule has 0 aliphatic carbocycles. The van der Waals surface area contributed by atoms with E-state index in [9.17, 15) is 9.18 Å². The lowest BCUT2D eigenvalue weighted by atomic mass is 10.2. The van der Waals surface area contributed by atoms with E-state index in [1.165, 1.54) is 12.1 Å². The average Bonchev–Trinajstić information content (AvgIpc) is 2.25. The number of ether oxygens (including phenoxy) is 2. The summed E-state index contributed by atoms with van der Waals surface area (Å²) in [5.74, 6) is -0.444. The Balaban J connectivity index is 2.73. The molecule has 0 amide bonds. The van der Waals surface area contributed by atoms with Crippen molar-refractivity contribution in [3.05, 3.63) is 29.6 Å². The second-order valence-electron chi connectivity index (χ2n) is 3.38. The standard InChI is InChI=1S/C12H15FO3/c1-4-15-12(14)9(3)16-11-7-5-6-10(13)8(11)2/h5-7,9H,4H2,1-3H3. The first-order valence-electron chi connectivity index (χ1n) is 5.14. The molecule has 0 bridgehead atoms. The van der Waals surface area contributed by atoms with Crippen LogP contribution in [0.2, 0.25) is 0 Å². The van der Waals surface area contributed by atoms with Gasteiger partial charge in [0.2, 0.25) is 0 Å². The summed E-state index contributed by atoms with van der Waals surface area (Å²) in [6.07, 6.45) is -0.736. The van der Waals surface area contributed by atoms with Gasteiger partial charge in [0, 0.05) is 5.56 Å². The van der Waals surface area contributed by atoms with Gasteiger partial charge in [0.25, 0.3) is 0 Å². The van der Waals surface area contributed by atoms with E-state index >= 15 is 0 Å². The summed E-state index contributed by atoms with van der Waals surface area (Å²) in [6, 6.07) is 4.50. The quantitative estimate of drug-likeness (QED) is 0.740. The van der Waals surface area contributed by atoms with E-state index < -0.39 is 12.1 Å². The maximum Gasteiger partial charge on any atom is 0.347 e. The number of carbonyl (C=O) groups excluding carboxylic acids is 1. The zero-order chi connectivity index (χ0) is 12.1. The molecule has 0 saturated carbocycles. The minimum Gasteiger partial charge on any atom is -0.479 e. The molecule has 88 valence electrons. The maximum atomic E-state index is 13.2. The summed E-state index contributed by atoms with van der Waals surface area (Å²) in [7, 11) is 0. The van der Waals surface area contributed by atoms with Crippen LogP contribution in [-0.2, 0) is 9.53 Å². The minimum absolute atomic E-state index is 0.300. The van der Waals surface area contributed by atoms with Crippen molar-refractivity contribution in [2.24, 2.45) is 0 Å². The molecule has 0 spiro atoms. The van der Waals surface area contributed by atoms with Gasteiger partial charge in [-0.15, -0.1) is 0 Å². The van der Waals surface area contributed by atoms with E-state index in [0.29, 0.717) is 17.9 Å². The Morgan fingerprint density at radius 1 is 1.50 bits per heavy atom. The number of hydrogen-bond donors (Lipinski definition) is 0. The Morgan fingerprint density at radius 2 is 2.19 bits per heavy atom. The molecule has 0 saturated heterocycles. The SMILES string of the molecule is CCOC(=O)C(C)Oc1cccc(F)c1C. The smallest absolute Gasteiger partial charge is 0.347 e. The van der Waals surface area contributed by atoms with E-state index in [0.717, 1.165) is 0 Å². The van der Waals surface area contributed by atoms with E-state index in [4.69, 9.17) is 9.47 Å². The largest absolute Gasteiger partial charge is 0.479 e. The topological polar surface area (TPSA) is 35.5 Å². The molecule has 1 unspecified atom stereocenters.